The Balaban J connectivity index is 1.13. The highest BCUT2D eigenvalue weighted by Gasteiger charge is 2.27. The number of hydrogen-bond acceptors (Lipinski definition) is 2. The zero-order chi connectivity index (χ0) is 26.1. The van der Waals surface area contributed by atoms with Crippen molar-refractivity contribution in [1.29, 1.82) is 0 Å². The van der Waals surface area contributed by atoms with Gasteiger partial charge in [-0.25, -0.2) is 0 Å². The molecule has 38 heavy (non-hydrogen) atoms. The molecule has 4 nitrogen and oxygen atoms in total. The van der Waals surface area contributed by atoms with Gasteiger partial charge in [0.2, 0.25) is 6.41 Å². The van der Waals surface area contributed by atoms with Gasteiger partial charge in [0.1, 0.15) is 0 Å². The molecule has 0 saturated carbocycles. The molecule has 0 bridgehead atoms. The lowest BCUT2D eigenvalue weighted by Gasteiger charge is -2.40. The van der Waals surface area contributed by atoms with Crippen LogP contribution >= 0.6 is 0 Å². The molecule has 1 amide bonds. The number of amides is 1. The van der Waals surface area contributed by atoms with Crippen molar-refractivity contribution in [3.8, 4) is 0 Å². The van der Waals surface area contributed by atoms with Crippen LogP contribution in [-0.2, 0) is 17.6 Å². The first kappa shape index (κ1) is 24.4. The summed E-state index contributed by atoms with van der Waals surface area (Å²) in [4.78, 5) is 19.8. The van der Waals surface area contributed by atoms with Crippen molar-refractivity contribution in [3.63, 3.8) is 0 Å². The Morgan fingerprint density at radius 2 is 1.61 bits per heavy atom. The lowest BCUT2D eigenvalue weighted by atomic mass is 9.97. The fourth-order valence-electron chi connectivity index (χ4n) is 5.87. The first-order valence-corrected chi connectivity index (χ1v) is 13.6. The minimum atomic E-state index is 0.0914. The summed E-state index contributed by atoms with van der Waals surface area (Å²) < 4.78 is 0. The average Bonchev–Trinajstić information content (AvgIpc) is 3.24. The number of carbonyl (C=O) groups is 1. The zero-order valence-corrected chi connectivity index (χ0v) is 22.3. The second-order valence-corrected chi connectivity index (χ2v) is 10.8. The number of fused-ring (bicyclic) bond motifs is 2. The Hall–Kier alpha value is -3.89. The second kappa shape index (κ2) is 10.5. The third-order valence-electron chi connectivity index (χ3n) is 8.32. The summed E-state index contributed by atoms with van der Waals surface area (Å²) in [6.07, 6.45) is 2.94. The topological polar surface area (TPSA) is 39.3 Å². The third kappa shape index (κ3) is 4.97. The van der Waals surface area contributed by atoms with Crippen molar-refractivity contribution in [1.82, 2.24) is 14.8 Å². The number of aromatic nitrogens is 1. The molecule has 1 atom stereocenters. The van der Waals surface area contributed by atoms with Crippen molar-refractivity contribution in [2.45, 2.75) is 32.7 Å². The van der Waals surface area contributed by atoms with Gasteiger partial charge in [0.05, 0.1) is 6.04 Å². The minimum absolute atomic E-state index is 0.0914. The van der Waals surface area contributed by atoms with Gasteiger partial charge in [-0.1, -0.05) is 72.8 Å². The molecular weight excluding hydrogens is 466 g/mol. The smallest absolute Gasteiger partial charge is 0.210 e. The van der Waals surface area contributed by atoms with Crippen LogP contribution in [-0.4, -0.2) is 47.4 Å². The van der Waals surface area contributed by atoms with E-state index in [1.807, 2.05) is 4.90 Å². The number of nitrogens with zero attached hydrogens (tertiary/aromatic N) is 2. The molecule has 6 rings (SSSR count). The highest BCUT2D eigenvalue weighted by atomic mass is 16.1. The van der Waals surface area contributed by atoms with Crippen LogP contribution in [0.5, 0.6) is 0 Å². The number of rotatable bonds is 7. The van der Waals surface area contributed by atoms with E-state index < -0.39 is 0 Å². The van der Waals surface area contributed by atoms with E-state index in [1.54, 1.807) is 0 Å². The molecule has 192 valence electrons. The van der Waals surface area contributed by atoms with Crippen LogP contribution in [0.1, 0.15) is 39.6 Å². The van der Waals surface area contributed by atoms with Crippen LogP contribution < -0.4 is 0 Å². The summed E-state index contributed by atoms with van der Waals surface area (Å²) in [6, 6.07) is 31.0. The summed E-state index contributed by atoms with van der Waals surface area (Å²) >= 11 is 0. The number of nitrogens with one attached hydrogen (secondary N) is 1. The number of carbonyl (C=O) groups excluding carboxylic acids is 1. The van der Waals surface area contributed by atoms with E-state index in [-0.39, 0.29) is 6.04 Å². The van der Waals surface area contributed by atoms with Gasteiger partial charge in [0.25, 0.3) is 0 Å². The highest BCUT2D eigenvalue weighted by Crippen LogP contribution is 2.27. The molecule has 4 heteroatoms. The second-order valence-electron chi connectivity index (χ2n) is 10.8. The lowest BCUT2D eigenvalue weighted by molar-refractivity contribution is -0.122. The summed E-state index contributed by atoms with van der Waals surface area (Å²) in [6.45, 7) is 7.87. The van der Waals surface area contributed by atoms with Crippen LogP contribution in [0.2, 0.25) is 0 Å². The fraction of sp³-hybridized carbons (Fsp3) is 0.265. The monoisotopic (exact) mass is 501 g/mol. The number of aromatic amines is 1. The molecule has 1 aromatic heterocycles. The van der Waals surface area contributed by atoms with E-state index in [1.165, 1.54) is 55.2 Å². The van der Waals surface area contributed by atoms with Gasteiger partial charge >= 0.3 is 0 Å². The molecule has 1 aliphatic rings. The maximum absolute atomic E-state index is 11.9. The zero-order valence-electron chi connectivity index (χ0n) is 22.3. The average molecular weight is 502 g/mol. The number of aryl methyl sites for hydroxylation is 2. The van der Waals surface area contributed by atoms with Gasteiger partial charge in [0.15, 0.2) is 0 Å². The molecule has 1 saturated heterocycles. The summed E-state index contributed by atoms with van der Waals surface area (Å²) in [5.74, 6) is 0. The Bertz CT molecular complexity index is 1580. The third-order valence-corrected chi connectivity index (χ3v) is 8.32. The maximum atomic E-state index is 11.9. The van der Waals surface area contributed by atoms with Crippen LogP contribution in [0, 0.1) is 13.8 Å². The van der Waals surface area contributed by atoms with Crippen molar-refractivity contribution in [2.75, 3.05) is 26.2 Å². The van der Waals surface area contributed by atoms with E-state index >= 15 is 0 Å². The molecule has 4 aromatic carbocycles. The summed E-state index contributed by atoms with van der Waals surface area (Å²) in [5.41, 5.74) is 8.96. The van der Waals surface area contributed by atoms with E-state index in [0.29, 0.717) is 0 Å². The van der Waals surface area contributed by atoms with E-state index in [2.05, 4.69) is 109 Å². The van der Waals surface area contributed by atoms with Crippen LogP contribution in [0.25, 0.3) is 21.7 Å². The Morgan fingerprint density at radius 1 is 0.842 bits per heavy atom. The molecule has 0 radical (unpaired) electrons. The quantitative estimate of drug-likeness (QED) is 0.256. The van der Waals surface area contributed by atoms with Gasteiger partial charge < -0.3 is 9.88 Å². The molecule has 1 N–H and O–H groups in total. The number of H-pyrrole nitrogens is 1. The number of piperazine rings is 1. The molecule has 1 aliphatic heterocycles. The van der Waals surface area contributed by atoms with Crippen molar-refractivity contribution < 1.29 is 4.79 Å². The van der Waals surface area contributed by atoms with E-state index in [0.717, 1.165) is 45.4 Å². The Morgan fingerprint density at radius 3 is 2.42 bits per heavy atom. The highest BCUT2D eigenvalue weighted by molar-refractivity contribution is 5.85. The van der Waals surface area contributed by atoms with Crippen molar-refractivity contribution >= 4 is 28.1 Å². The van der Waals surface area contributed by atoms with Crippen molar-refractivity contribution in [3.05, 3.63) is 118 Å². The van der Waals surface area contributed by atoms with Gasteiger partial charge in [-0.2, -0.15) is 0 Å². The van der Waals surface area contributed by atoms with Gasteiger partial charge in [0, 0.05) is 42.8 Å². The van der Waals surface area contributed by atoms with Gasteiger partial charge in [-0.05, 0) is 77.4 Å². The number of hydrogen-bond donors (Lipinski definition) is 1. The fourth-order valence-corrected chi connectivity index (χ4v) is 5.87. The Labute approximate surface area is 224 Å². The van der Waals surface area contributed by atoms with E-state index in [9.17, 15) is 4.79 Å². The van der Waals surface area contributed by atoms with Crippen molar-refractivity contribution in [2.24, 2.45) is 0 Å². The first-order chi connectivity index (χ1) is 18.6. The van der Waals surface area contributed by atoms with E-state index in [4.69, 9.17) is 0 Å². The molecular formula is C34H35N3O. The molecule has 0 aliphatic carbocycles. The minimum Gasteiger partial charge on any atom is -0.358 e. The van der Waals surface area contributed by atoms with Crippen LogP contribution in [0.3, 0.4) is 0 Å². The molecule has 0 spiro atoms. The predicted molar refractivity (Wildman–Crippen MR) is 157 cm³/mol. The van der Waals surface area contributed by atoms with Crippen LogP contribution in [0.15, 0.2) is 84.9 Å². The molecule has 1 unspecified atom stereocenters. The predicted octanol–water partition coefficient (Wildman–Crippen LogP) is 6.59. The Kier molecular flexibility index (Phi) is 6.73. The summed E-state index contributed by atoms with van der Waals surface area (Å²) in [7, 11) is 0. The molecule has 1 fully saturated rings. The van der Waals surface area contributed by atoms with Gasteiger partial charge in [-0.3, -0.25) is 9.69 Å². The molecule has 5 aromatic rings. The van der Waals surface area contributed by atoms with Gasteiger partial charge in [-0.15, -0.1) is 0 Å². The maximum Gasteiger partial charge on any atom is 0.210 e. The standard InChI is InChI=1S/C34H35N3O/c1-24-25(2)35-33-14-10-28(21-32(24)33)19-26-8-12-30(13-9-26)34-22-36(17-18-37(34)23-38)16-15-27-7-11-29-5-3-4-6-31(29)20-27/h3-14,20-21,23,34-35H,15-19,22H2,1-2H3. The largest absolute Gasteiger partial charge is 0.358 e. The molecule has 2 heterocycles. The lowest BCUT2D eigenvalue weighted by Crippen LogP contribution is -2.48. The summed E-state index contributed by atoms with van der Waals surface area (Å²) in [5, 5.41) is 3.89. The number of benzene rings is 4. The SMILES string of the molecule is Cc1[nH]c2ccc(Cc3ccc(C4CN(CCc5ccc6ccccc6c5)CCN4C=O)cc3)cc2c1C. The first-order valence-electron chi connectivity index (χ1n) is 13.6. The normalized spacial score (nSPS) is 16.4. The van der Waals surface area contributed by atoms with Crippen LogP contribution in [0.4, 0.5) is 0 Å².